The van der Waals surface area contributed by atoms with Gasteiger partial charge in [-0.05, 0) is 5.56 Å². The molecule has 3 rings (SSSR count). The number of amides is 2. The van der Waals surface area contributed by atoms with Crippen LogP contribution < -0.4 is 5.32 Å². The monoisotopic (exact) mass is 350 g/mol. The van der Waals surface area contributed by atoms with Gasteiger partial charge in [0.2, 0.25) is 11.8 Å². The molecule has 4 unspecified atom stereocenters. The maximum atomic E-state index is 12.4. The van der Waals surface area contributed by atoms with E-state index in [1.165, 1.54) is 17.0 Å². The third-order valence-corrected chi connectivity index (χ3v) is 5.37. The molecule has 2 aliphatic rings. The summed E-state index contributed by atoms with van der Waals surface area (Å²) in [7, 11) is 0. The lowest BCUT2D eigenvalue weighted by Gasteiger charge is -2.43. The molecule has 0 aromatic heterocycles. The highest BCUT2D eigenvalue weighted by Gasteiger charge is 2.57. The first-order valence-electron chi connectivity index (χ1n) is 7.16. The van der Waals surface area contributed by atoms with Crippen molar-refractivity contribution in [2.75, 3.05) is 5.75 Å². The van der Waals surface area contributed by atoms with E-state index in [9.17, 15) is 24.3 Å². The Hall–Kier alpha value is -2.55. The Morgan fingerprint density at radius 2 is 1.88 bits per heavy atom. The molecule has 2 fully saturated rings. The SMILES string of the molecule is O=C(O)C(C(=O)NC1C(=O)N2C(C(=O)O)SCC12)c1ccccc1. The van der Waals surface area contributed by atoms with Crippen LogP contribution in [-0.2, 0) is 19.2 Å². The molecule has 2 amide bonds. The van der Waals surface area contributed by atoms with Crippen LogP contribution in [0.25, 0.3) is 0 Å². The normalized spacial score (nSPS) is 26.2. The van der Waals surface area contributed by atoms with Crippen molar-refractivity contribution in [3.05, 3.63) is 35.9 Å². The fourth-order valence-corrected chi connectivity index (χ4v) is 4.24. The summed E-state index contributed by atoms with van der Waals surface area (Å²) in [6.45, 7) is 0. The van der Waals surface area contributed by atoms with Gasteiger partial charge in [0.05, 0.1) is 6.04 Å². The third kappa shape index (κ3) is 2.60. The number of hydrogen-bond donors (Lipinski definition) is 3. The van der Waals surface area contributed by atoms with Crippen LogP contribution in [0.2, 0.25) is 0 Å². The molecule has 126 valence electrons. The number of carbonyl (C=O) groups excluding carboxylic acids is 2. The van der Waals surface area contributed by atoms with Crippen molar-refractivity contribution in [3.63, 3.8) is 0 Å². The van der Waals surface area contributed by atoms with E-state index in [2.05, 4.69) is 5.32 Å². The average molecular weight is 350 g/mol. The summed E-state index contributed by atoms with van der Waals surface area (Å²) in [4.78, 5) is 48.2. The molecule has 0 saturated carbocycles. The van der Waals surface area contributed by atoms with E-state index in [0.717, 1.165) is 11.8 Å². The number of benzene rings is 1. The van der Waals surface area contributed by atoms with Gasteiger partial charge in [-0.25, -0.2) is 4.79 Å². The van der Waals surface area contributed by atoms with E-state index in [1.807, 2.05) is 0 Å². The van der Waals surface area contributed by atoms with Crippen LogP contribution in [0.15, 0.2) is 30.3 Å². The fourth-order valence-electron chi connectivity index (χ4n) is 2.94. The number of nitrogens with zero attached hydrogens (tertiary/aromatic N) is 1. The van der Waals surface area contributed by atoms with E-state index in [4.69, 9.17) is 5.11 Å². The number of carboxylic acid groups (broad SMARTS) is 2. The smallest absolute Gasteiger partial charge is 0.337 e. The molecule has 8 nitrogen and oxygen atoms in total. The second-order valence-corrected chi connectivity index (χ2v) is 6.62. The van der Waals surface area contributed by atoms with Crippen molar-refractivity contribution in [3.8, 4) is 0 Å². The Balaban J connectivity index is 1.72. The van der Waals surface area contributed by atoms with E-state index in [1.54, 1.807) is 18.2 Å². The number of thioether (sulfide) groups is 1. The predicted octanol–water partition coefficient (Wildman–Crippen LogP) is -0.292. The highest BCUT2D eigenvalue weighted by molar-refractivity contribution is 8.00. The van der Waals surface area contributed by atoms with E-state index in [-0.39, 0.29) is 0 Å². The number of β-lactam (4-membered cyclic amide) rings is 1. The van der Waals surface area contributed by atoms with Gasteiger partial charge in [0.15, 0.2) is 11.3 Å². The van der Waals surface area contributed by atoms with Gasteiger partial charge in [-0.2, -0.15) is 0 Å². The molecule has 2 aliphatic heterocycles. The van der Waals surface area contributed by atoms with Crippen molar-refractivity contribution in [1.82, 2.24) is 10.2 Å². The lowest BCUT2D eigenvalue weighted by molar-refractivity contribution is -0.159. The summed E-state index contributed by atoms with van der Waals surface area (Å²) in [5, 5.41) is 19.9. The largest absolute Gasteiger partial charge is 0.480 e. The first-order chi connectivity index (χ1) is 11.4. The highest BCUT2D eigenvalue weighted by Crippen LogP contribution is 2.38. The summed E-state index contributed by atoms with van der Waals surface area (Å²) in [5.41, 5.74) is 0.315. The van der Waals surface area contributed by atoms with Crippen LogP contribution in [0.1, 0.15) is 11.5 Å². The van der Waals surface area contributed by atoms with E-state index < -0.39 is 47.1 Å². The summed E-state index contributed by atoms with van der Waals surface area (Å²) in [6, 6.07) is 6.71. The first kappa shape index (κ1) is 16.3. The van der Waals surface area contributed by atoms with Crippen molar-refractivity contribution < 1.29 is 29.4 Å². The number of hydrogen-bond acceptors (Lipinski definition) is 5. The number of carbonyl (C=O) groups is 4. The summed E-state index contributed by atoms with van der Waals surface area (Å²) >= 11 is 1.11. The predicted molar refractivity (Wildman–Crippen MR) is 83.3 cm³/mol. The summed E-state index contributed by atoms with van der Waals surface area (Å²) < 4.78 is 0. The fraction of sp³-hybridized carbons (Fsp3) is 0.333. The second-order valence-electron chi connectivity index (χ2n) is 5.50. The number of aliphatic carboxylic acids is 2. The average Bonchev–Trinajstić information content (AvgIpc) is 2.94. The van der Waals surface area contributed by atoms with Gasteiger partial charge in [0.1, 0.15) is 6.04 Å². The zero-order chi connectivity index (χ0) is 17.4. The van der Waals surface area contributed by atoms with Crippen LogP contribution in [-0.4, -0.2) is 62.1 Å². The topological polar surface area (TPSA) is 124 Å². The van der Waals surface area contributed by atoms with Gasteiger partial charge in [0, 0.05) is 5.75 Å². The van der Waals surface area contributed by atoms with Crippen molar-refractivity contribution in [1.29, 1.82) is 0 Å². The number of fused-ring (bicyclic) bond motifs is 1. The van der Waals surface area contributed by atoms with Gasteiger partial charge in [-0.15, -0.1) is 11.8 Å². The molecule has 2 heterocycles. The molecule has 0 bridgehead atoms. The minimum absolute atomic E-state index is 0.315. The van der Waals surface area contributed by atoms with Crippen LogP contribution in [0, 0.1) is 0 Å². The molecule has 2 saturated heterocycles. The van der Waals surface area contributed by atoms with Gasteiger partial charge >= 0.3 is 11.9 Å². The van der Waals surface area contributed by atoms with Crippen LogP contribution in [0.3, 0.4) is 0 Å². The second kappa shape index (κ2) is 6.16. The first-order valence-corrected chi connectivity index (χ1v) is 8.21. The molecule has 0 spiro atoms. The number of carboxylic acids is 2. The molecule has 9 heteroatoms. The van der Waals surface area contributed by atoms with Gasteiger partial charge in [-0.1, -0.05) is 30.3 Å². The lowest BCUT2D eigenvalue weighted by atomic mass is 9.93. The summed E-state index contributed by atoms with van der Waals surface area (Å²) in [5.74, 6) is -4.73. The molecule has 24 heavy (non-hydrogen) atoms. The molecule has 0 radical (unpaired) electrons. The zero-order valence-corrected chi connectivity index (χ0v) is 13.1. The van der Waals surface area contributed by atoms with E-state index >= 15 is 0 Å². The Morgan fingerprint density at radius 1 is 1.21 bits per heavy atom. The zero-order valence-electron chi connectivity index (χ0n) is 12.3. The number of rotatable bonds is 5. The van der Waals surface area contributed by atoms with Crippen molar-refractivity contribution >= 4 is 35.5 Å². The van der Waals surface area contributed by atoms with Crippen LogP contribution in [0.4, 0.5) is 0 Å². The highest BCUT2D eigenvalue weighted by atomic mass is 32.2. The molecular weight excluding hydrogens is 336 g/mol. The molecular formula is C15H14N2O6S. The third-order valence-electron chi connectivity index (χ3n) is 4.09. The standard InChI is InChI=1S/C15H14N2O6S/c18-11(9(14(20)21)7-4-2-1-3-5-7)16-10-8-6-24-13(15(22)23)17(8)12(10)19/h1-5,8-10,13H,6H2,(H,16,18)(H,20,21)(H,22,23). The van der Waals surface area contributed by atoms with Crippen molar-refractivity contribution in [2.45, 2.75) is 23.4 Å². The minimum Gasteiger partial charge on any atom is -0.480 e. The van der Waals surface area contributed by atoms with Crippen LogP contribution in [0.5, 0.6) is 0 Å². The molecule has 1 aromatic rings. The molecule has 0 aliphatic carbocycles. The van der Waals surface area contributed by atoms with Crippen molar-refractivity contribution in [2.24, 2.45) is 0 Å². The van der Waals surface area contributed by atoms with Gasteiger partial charge < -0.3 is 20.4 Å². The van der Waals surface area contributed by atoms with E-state index in [0.29, 0.717) is 11.3 Å². The minimum atomic E-state index is -1.42. The Bertz CT molecular complexity index is 709. The maximum absolute atomic E-state index is 12.4. The molecule has 1 aromatic carbocycles. The molecule has 3 N–H and O–H groups in total. The maximum Gasteiger partial charge on any atom is 0.337 e. The Morgan fingerprint density at radius 3 is 2.46 bits per heavy atom. The van der Waals surface area contributed by atoms with Gasteiger partial charge in [0.25, 0.3) is 0 Å². The Kier molecular flexibility index (Phi) is 4.18. The summed E-state index contributed by atoms with van der Waals surface area (Å²) in [6.07, 6.45) is 0. The molecule has 4 atom stereocenters. The van der Waals surface area contributed by atoms with Crippen LogP contribution >= 0.6 is 11.8 Å². The quantitative estimate of drug-likeness (QED) is 0.492. The number of nitrogens with one attached hydrogen (secondary N) is 1. The lowest BCUT2D eigenvalue weighted by Crippen LogP contribution is -2.71. The Labute approximate surface area is 140 Å². The van der Waals surface area contributed by atoms with Gasteiger partial charge in [-0.3, -0.25) is 14.4 Å².